The van der Waals surface area contributed by atoms with E-state index in [-0.39, 0.29) is 12.0 Å². The van der Waals surface area contributed by atoms with Crippen molar-refractivity contribution in [1.82, 2.24) is 5.32 Å². The van der Waals surface area contributed by atoms with Gasteiger partial charge in [0.2, 0.25) is 5.91 Å². The van der Waals surface area contributed by atoms with Crippen LogP contribution in [0.5, 0.6) is 5.75 Å². The van der Waals surface area contributed by atoms with Crippen LogP contribution in [0.4, 0.5) is 0 Å². The Bertz CT molecular complexity index is 441. The number of nitrogens with one attached hydrogen (secondary N) is 1. The highest BCUT2D eigenvalue weighted by Gasteiger charge is 2.45. The Labute approximate surface area is 108 Å². The van der Waals surface area contributed by atoms with Crippen LogP contribution in [0.3, 0.4) is 0 Å². The second-order valence-corrected chi connectivity index (χ2v) is 5.11. The maximum atomic E-state index is 11.6. The molecule has 1 fully saturated rings. The summed E-state index contributed by atoms with van der Waals surface area (Å²) < 4.78 is 5.72. The highest BCUT2D eigenvalue weighted by Crippen LogP contribution is 2.32. The van der Waals surface area contributed by atoms with Crippen molar-refractivity contribution in [2.75, 3.05) is 6.54 Å². The third kappa shape index (κ3) is 3.23. The molecule has 1 unspecified atom stereocenters. The molecule has 1 amide bonds. The molecule has 3 N–H and O–H groups in total. The summed E-state index contributed by atoms with van der Waals surface area (Å²) in [6.07, 6.45) is 1.50. The number of hydrogen-bond donors (Lipinski definition) is 2. The van der Waals surface area contributed by atoms with Crippen LogP contribution in [0.1, 0.15) is 25.3 Å². The van der Waals surface area contributed by atoms with Gasteiger partial charge in [-0.05, 0) is 44.4 Å². The van der Waals surface area contributed by atoms with Crippen molar-refractivity contribution in [3.63, 3.8) is 0 Å². The molecule has 1 aliphatic carbocycles. The molecule has 4 heteroatoms. The first-order valence-electron chi connectivity index (χ1n) is 6.30. The number of benzene rings is 1. The highest BCUT2D eigenvalue weighted by molar-refractivity contribution is 5.88. The lowest BCUT2D eigenvalue weighted by Gasteiger charge is -2.17. The minimum atomic E-state index is -0.608. The van der Waals surface area contributed by atoms with Gasteiger partial charge in [-0.2, -0.15) is 0 Å². The Hall–Kier alpha value is -1.55. The lowest BCUT2D eigenvalue weighted by molar-refractivity contribution is -0.123. The van der Waals surface area contributed by atoms with Gasteiger partial charge in [0, 0.05) is 0 Å². The second kappa shape index (κ2) is 4.98. The van der Waals surface area contributed by atoms with Crippen LogP contribution in [0.25, 0.3) is 0 Å². The summed E-state index contributed by atoms with van der Waals surface area (Å²) in [7, 11) is 0. The van der Waals surface area contributed by atoms with Crippen LogP contribution in [0, 0.1) is 6.92 Å². The summed E-state index contributed by atoms with van der Waals surface area (Å²) in [5, 5.41) is 2.83. The first-order valence-corrected chi connectivity index (χ1v) is 6.30. The van der Waals surface area contributed by atoms with E-state index in [0.29, 0.717) is 6.54 Å². The molecule has 0 saturated heterocycles. The molecule has 0 radical (unpaired) electrons. The molecular weight excluding hydrogens is 228 g/mol. The van der Waals surface area contributed by atoms with E-state index >= 15 is 0 Å². The largest absolute Gasteiger partial charge is 0.489 e. The van der Waals surface area contributed by atoms with Crippen LogP contribution in [0.15, 0.2) is 24.3 Å². The molecule has 0 bridgehead atoms. The number of nitrogens with two attached hydrogens (primary N) is 1. The van der Waals surface area contributed by atoms with E-state index < -0.39 is 5.54 Å². The average molecular weight is 248 g/mol. The summed E-state index contributed by atoms with van der Waals surface area (Å²) in [5.74, 6) is 0.757. The molecule has 18 heavy (non-hydrogen) atoms. The van der Waals surface area contributed by atoms with Gasteiger partial charge < -0.3 is 15.8 Å². The van der Waals surface area contributed by atoms with E-state index in [9.17, 15) is 4.79 Å². The van der Waals surface area contributed by atoms with Crippen LogP contribution >= 0.6 is 0 Å². The van der Waals surface area contributed by atoms with Crippen molar-refractivity contribution < 1.29 is 9.53 Å². The summed E-state index contributed by atoms with van der Waals surface area (Å²) >= 11 is 0. The molecular formula is C14H20N2O2. The number of aryl methyl sites for hydroxylation is 1. The monoisotopic (exact) mass is 248 g/mol. The zero-order valence-electron chi connectivity index (χ0n) is 10.9. The third-order valence-corrected chi connectivity index (χ3v) is 3.12. The molecule has 2 rings (SSSR count). The SMILES string of the molecule is Cc1cccc(OC(C)CNC(=O)C2(N)CC2)c1. The maximum Gasteiger partial charge on any atom is 0.240 e. The molecule has 1 aliphatic rings. The predicted molar refractivity (Wildman–Crippen MR) is 70.4 cm³/mol. The fraction of sp³-hybridized carbons (Fsp3) is 0.500. The van der Waals surface area contributed by atoms with Gasteiger partial charge in [-0.1, -0.05) is 12.1 Å². The normalized spacial score (nSPS) is 17.9. The lowest BCUT2D eigenvalue weighted by atomic mass is 10.2. The van der Waals surface area contributed by atoms with Gasteiger partial charge in [0.25, 0.3) is 0 Å². The lowest BCUT2D eigenvalue weighted by Crippen LogP contribution is -2.45. The summed E-state index contributed by atoms with van der Waals surface area (Å²) in [6, 6.07) is 7.86. The van der Waals surface area contributed by atoms with Crippen molar-refractivity contribution in [2.45, 2.75) is 38.3 Å². The minimum Gasteiger partial charge on any atom is -0.489 e. The molecule has 1 atom stereocenters. The zero-order chi connectivity index (χ0) is 13.2. The van der Waals surface area contributed by atoms with Crippen molar-refractivity contribution in [2.24, 2.45) is 5.73 Å². The van der Waals surface area contributed by atoms with Gasteiger partial charge in [-0.25, -0.2) is 0 Å². The van der Waals surface area contributed by atoms with Crippen LogP contribution in [-0.2, 0) is 4.79 Å². The van der Waals surface area contributed by atoms with Gasteiger partial charge in [0.05, 0.1) is 12.1 Å². The van der Waals surface area contributed by atoms with E-state index in [0.717, 1.165) is 24.2 Å². The molecule has 0 aliphatic heterocycles. The van der Waals surface area contributed by atoms with Crippen molar-refractivity contribution >= 4 is 5.91 Å². The Kier molecular flexibility index (Phi) is 3.57. The number of carbonyl (C=O) groups excluding carboxylic acids is 1. The molecule has 0 heterocycles. The van der Waals surface area contributed by atoms with Crippen molar-refractivity contribution in [3.05, 3.63) is 29.8 Å². The summed E-state index contributed by atoms with van der Waals surface area (Å²) in [5.41, 5.74) is 6.34. The third-order valence-electron chi connectivity index (χ3n) is 3.12. The molecule has 98 valence electrons. The van der Waals surface area contributed by atoms with Crippen LogP contribution < -0.4 is 15.8 Å². The Morgan fingerprint density at radius 1 is 1.56 bits per heavy atom. The Morgan fingerprint density at radius 3 is 2.89 bits per heavy atom. The topological polar surface area (TPSA) is 64.3 Å². The standard InChI is InChI=1S/C14H20N2O2/c1-10-4-3-5-12(8-10)18-11(2)9-16-13(17)14(15)6-7-14/h3-5,8,11H,6-7,9,15H2,1-2H3,(H,16,17). The van der Waals surface area contributed by atoms with Gasteiger partial charge >= 0.3 is 0 Å². The van der Waals surface area contributed by atoms with Gasteiger partial charge in [-0.15, -0.1) is 0 Å². The maximum absolute atomic E-state index is 11.6. The molecule has 1 aromatic rings. The number of carbonyl (C=O) groups is 1. The van der Waals surface area contributed by atoms with Gasteiger partial charge in [-0.3, -0.25) is 4.79 Å². The smallest absolute Gasteiger partial charge is 0.240 e. The van der Waals surface area contributed by atoms with E-state index in [4.69, 9.17) is 10.5 Å². The van der Waals surface area contributed by atoms with E-state index in [1.807, 2.05) is 38.1 Å². The number of hydrogen-bond acceptors (Lipinski definition) is 3. The number of amides is 1. The number of ether oxygens (including phenoxy) is 1. The number of rotatable bonds is 5. The Balaban J connectivity index is 1.78. The summed E-state index contributed by atoms with van der Waals surface area (Å²) in [6.45, 7) is 4.43. The van der Waals surface area contributed by atoms with Crippen molar-refractivity contribution in [1.29, 1.82) is 0 Å². The van der Waals surface area contributed by atoms with Crippen molar-refractivity contribution in [3.8, 4) is 5.75 Å². The van der Waals surface area contributed by atoms with E-state index in [2.05, 4.69) is 5.32 Å². The molecule has 1 saturated carbocycles. The van der Waals surface area contributed by atoms with Gasteiger partial charge in [0.1, 0.15) is 11.9 Å². The summed E-state index contributed by atoms with van der Waals surface area (Å²) in [4.78, 5) is 11.6. The molecule has 4 nitrogen and oxygen atoms in total. The Morgan fingerprint density at radius 2 is 2.28 bits per heavy atom. The zero-order valence-corrected chi connectivity index (χ0v) is 10.9. The highest BCUT2D eigenvalue weighted by atomic mass is 16.5. The van der Waals surface area contributed by atoms with Crippen LogP contribution in [-0.4, -0.2) is 24.1 Å². The second-order valence-electron chi connectivity index (χ2n) is 5.11. The fourth-order valence-electron chi connectivity index (χ4n) is 1.74. The van der Waals surface area contributed by atoms with Gasteiger partial charge in [0.15, 0.2) is 0 Å². The first kappa shape index (κ1) is 12.9. The quantitative estimate of drug-likeness (QED) is 0.827. The predicted octanol–water partition coefficient (Wildman–Crippen LogP) is 1.37. The molecule has 1 aromatic carbocycles. The fourth-order valence-corrected chi connectivity index (χ4v) is 1.74. The first-order chi connectivity index (χ1) is 8.49. The van der Waals surface area contributed by atoms with E-state index in [1.165, 1.54) is 0 Å². The average Bonchev–Trinajstić information content (AvgIpc) is 3.05. The molecule has 0 spiro atoms. The molecule has 0 aromatic heterocycles. The van der Waals surface area contributed by atoms with Crippen LogP contribution in [0.2, 0.25) is 0 Å². The minimum absolute atomic E-state index is 0.0674. The van der Waals surface area contributed by atoms with E-state index in [1.54, 1.807) is 0 Å².